The van der Waals surface area contributed by atoms with Gasteiger partial charge in [0.2, 0.25) is 0 Å². The SMILES string of the molecule is CC(C)(C)OC(=O)N(CC1CC1)CC(F)(F)F. The number of hydrogen-bond acceptors (Lipinski definition) is 2. The normalized spacial score (nSPS) is 16.8. The van der Waals surface area contributed by atoms with Crippen molar-refractivity contribution in [2.45, 2.75) is 45.4 Å². The van der Waals surface area contributed by atoms with Gasteiger partial charge in [0.05, 0.1) is 0 Å². The maximum absolute atomic E-state index is 12.3. The summed E-state index contributed by atoms with van der Waals surface area (Å²) in [6.45, 7) is 3.79. The van der Waals surface area contributed by atoms with Gasteiger partial charge >= 0.3 is 12.3 Å². The summed E-state index contributed by atoms with van der Waals surface area (Å²) in [5.74, 6) is 0.199. The van der Waals surface area contributed by atoms with Crippen LogP contribution in [0.15, 0.2) is 0 Å². The summed E-state index contributed by atoms with van der Waals surface area (Å²) < 4.78 is 41.9. The average molecular weight is 253 g/mol. The lowest BCUT2D eigenvalue weighted by molar-refractivity contribution is -0.144. The second-order valence-corrected chi connectivity index (χ2v) is 5.42. The van der Waals surface area contributed by atoms with E-state index < -0.39 is 24.4 Å². The van der Waals surface area contributed by atoms with Crippen LogP contribution in [0, 0.1) is 5.92 Å². The second kappa shape index (κ2) is 4.74. The van der Waals surface area contributed by atoms with Crippen LogP contribution < -0.4 is 0 Å². The van der Waals surface area contributed by atoms with Crippen molar-refractivity contribution in [3.63, 3.8) is 0 Å². The predicted octanol–water partition coefficient (Wildman–Crippen LogP) is 3.20. The molecule has 0 atom stereocenters. The van der Waals surface area contributed by atoms with Gasteiger partial charge in [-0.25, -0.2) is 4.79 Å². The van der Waals surface area contributed by atoms with Crippen LogP contribution in [0.1, 0.15) is 33.6 Å². The van der Waals surface area contributed by atoms with Crippen molar-refractivity contribution in [3.8, 4) is 0 Å². The minimum Gasteiger partial charge on any atom is -0.444 e. The van der Waals surface area contributed by atoms with E-state index in [4.69, 9.17) is 4.74 Å². The number of hydrogen-bond donors (Lipinski definition) is 0. The molecule has 1 amide bonds. The number of ether oxygens (including phenoxy) is 1. The Balaban J connectivity index is 2.57. The molecular weight excluding hydrogens is 235 g/mol. The maximum Gasteiger partial charge on any atom is 0.410 e. The third-order valence-electron chi connectivity index (χ3n) is 2.20. The molecule has 0 aromatic carbocycles. The fourth-order valence-corrected chi connectivity index (χ4v) is 1.36. The van der Waals surface area contributed by atoms with Crippen LogP contribution in [0.4, 0.5) is 18.0 Å². The highest BCUT2D eigenvalue weighted by Gasteiger charge is 2.37. The number of amides is 1. The fraction of sp³-hybridized carbons (Fsp3) is 0.909. The minimum atomic E-state index is -4.38. The molecule has 0 aromatic rings. The Kier molecular flexibility index (Phi) is 3.94. The molecule has 1 rings (SSSR count). The third-order valence-corrected chi connectivity index (χ3v) is 2.20. The van der Waals surface area contributed by atoms with Crippen LogP contribution in [0.25, 0.3) is 0 Å². The molecule has 1 fully saturated rings. The molecule has 3 nitrogen and oxygen atoms in total. The van der Waals surface area contributed by atoms with Crippen LogP contribution in [0.3, 0.4) is 0 Å². The number of halogens is 3. The summed E-state index contributed by atoms with van der Waals surface area (Å²) in [6.07, 6.45) is -3.50. The Hall–Kier alpha value is -0.940. The molecule has 0 unspecified atom stereocenters. The van der Waals surface area contributed by atoms with E-state index in [1.54, 1.807) is 20.8 Å². The molecule has 0 N–H and O–H groups in total. The molecular formula is C11H18F3NO2. The highest BCUT2D eigenvalue weighted by Crippen LogP contribution is 2.31. The van der Waals surface area contributed by atoms with Gasteiger partial charge in [0.1, 0.15) is 12.1 Å². The lowest BCUT2D eigenvalue weighted by Crippen LogP contribution is -2.43. The first-order valence-corrected chi connectivity index (χ1v) is 5.61. The van der Waals surface area contributed by atoms with Crippen LogP contribution >= 0.6 is 0 Å². The van der Waals surface area contributed by atoms with E-state index in [9.17, 15) is 18.0 Å². The number of nitrogens with zero attached hydrogens (tertiary/aromatic N) is 1. The topological polar surface area (TPSA) is 29.5 Å². The first-order chi connectivity index (χ1) is 7.57. The van der Waals surface area contributed by atoms with E-state index in [1.807, 2.05) is 0 Å². The zero-order valence-corrected chi connectivity index (χ0v) is 10.3. The Morgan fingerprint density at radius 1 is 1.29 bits per heavy atom. The number of rotatable bonds is 3. The Morgan fingerprint density at radius 2 is 1.82 bits per heavy atom. The van der Waals surface area contributed by atoms with Crippen LogP contribution in [-0.4, -0.2) is 35.9 Å². The molecule has 1 aliphatic carbocycles. The fourth-order valence-electron chi connectivity index (χ4n) is 1.36. The number of carbonyl (C=O) groups excluding carboxylic acids is 1. The molecule has 0 heterocycles. The Morgan fingerprint density at radius 3 is 2.18 bits per heavy atom. The van der Waals surface area contributed by atoms with Gasteiger partial charge in [0.25, 0.3) is 0 Å². The van der Waals surface area contributed by atoms with Gasteiger partial charge in [0.15, 0.2) is 0 Å². The third kappa shape index (κ3) is 6.38. The molecule has 6 heteroatoms. The smallest absolute Gasteiger partial charge is 0.410 e. The van der Waals surface area contributed by atoms with Gasteiger partial charge < -0.3 is 4.74 Å². The molecule has 0 aliphatic heterocycles. The second-order valence-electron chi connectivity index (χ2n) is 5.42. The molecule has 17 heavy (non-hydrogen) atoms. The van der Waals surface area contributed by atoms with Gasteiger partial charge in [-0.05, 0) is 39.5 Å². The van der Waals surface area contributed by atoms with E-state index in [1.165, 1.54) is 0 Å². The largest absolute Gasteiger partial charge is 0.444 e. The quantitative estimate of drug-likeness (QED) is 0.773. The zero-order valence-electron chi connectivity index (χ0n) is 10.3. The Labute approximate surface area is 98.9 Å². The van der Waals surface area contributed by atoms with Gasteiger partial charge in [0, 0.05) is 6.54 Å². The van der Waals surface area contributed by atoms with Gasteiger partial charge in [-0.3, -0.25) is 4.90 Å². The van der Waals surface area contributed by atoms with Crippen molar-refractivity contribution < 1.29 is 22.7 Å². The van der Waals surface area contributed by atoms with E-state index in [0.29, 0.717) is 0 Å². The van der Waals surface area contributed by atoms with E-state index in [0.717, 1.165) is 17.7 Å². The summed E-state index contributed by atoms with van der Waals surface area (Å²) >= 11 is 0. The average Bonchev–Trinajstić information content (AvgIpc) is 2.80. The first kappa shape index (κ1) is 14.1. The molecule has 0 aromatic heterocycles. The summed E-state index contributed by atoms with van der Waals surface area (Å²) in [7, 11) is 0. The monoisotopic (exact) mass is 253 g/mol. The van der Waals surface area contributed by atoms with E-state index >= 15 is 0 Å². The molecule has 0 bridgehead atoms. The van der Waals surface area contributed by atoms with Crippen molar-refractivity contribution in [2.24, 2.45) is 5.92 Å². The lowest BCUT2D eigenvalue weighted by atomic mass is 10.2. The maximum atomic E-state index is 12.3. The molecule has 0 spiro atoms. The highest BCUT2D eigenvalue weighted by molar-refractivity contribution is 5.68. The zero-order chi connectivity index (χ0) is 13.3. The molecule has 0 saturated heterocycles. The molecule has 0 radical (unpaired) electrons. The van der Waals surface area contributed by atoms with Crippen LogP contribution in [0.2, 0.25) is 0 Å². The predicted molar refractivity (Wildman–Crippen MR) is 56.6 cm³/mol. The standard InChI is InChI=1S/C11H18F3NO2/c1-10(2,3)17-9(16)15(6-8-4-5-8)7-11(12,13)14/h8H,4-7H2,1-3H3. The first-order valence-electron chi connectivity index (χ1n) is 5.61. The lowest BCUT2D eigenvalue weighted by Gasteiger charge is -2.28. The van der Waals surface area contributed by atoms with Crippen molar-refractivity contribution >= 4 is 6.09 Å². The summed E-state index contributed by atoms with van der Waals surface area (Å²) in [5.41, 5.74) is -0.773. The highest BCUT2D eigenvalue weighted by atomic mass is 19.4. The molecule has 100 valence electrons. The van der Waals surface area contributed by atoms with Gasteiger partial charge in [-0.2, -0.15) is 13.2 Å². The Bertz CT molecular complexity index is 279. The molecule has 1 aliphatic rings. The summed E-state index contributed by atoms with van der Waals surface area (Å²) in [5, 5.41) is 0. The van der Waals surface area contributed by atoms with Crippen molar-refractivity contribution in [3.05, 3.63) is 0 Å². The van der Waals surface area contributed by atoms with E-state index in [2.05, 4.69) is 0 Å². The minimum absolute atomic E-state index is 0.133. The molecule has 1 saturated carbocycles. The van der Waals surface area contributed by atoms with Crippen molar-refractivity contribution in [1.82, 2.24) is 4.90 Å². The summed E-state index contributed by atoms with van der Waals surface area (Å²) in [4.78, 5) is 12.4. The van der Waals surface area contributed by atoms with Crippen molar-refractivity contribution in [1.29, 1.82) is 0 Å². The van der Waals surface area contributed by atoms with Gasteiger partial charge in [-0.15, -0.1) is 0 Å². The van der Waals surface area contributed by atoms with Crippen LogP contribution in [0.5, 0.6) is 0 Å². The van der Waals surface area contributed by atoms with E-state index in [-0.39, 0.29) is 12.5 Å². The summed E-state index contributed by atoms with van der Waals surface area (Å²) in [6, 6.07) is 0. The van der Waals surface area contributed by atoms with Crippen molar-refractivity contribution in [2.75, 3.05) is 13.1 Å². The van der Waals surface area contributed by atoms with Gasteiger partial charge in [-0.1, -0.05) is 0 Å². The number of alkyl halides is 3. The number of carbonyl (C=O) groups is 1. The van der Waals surface area contributed by atoms with Crippen LogP contribution in [-0.2, 0) is 4.74 Å².